The van der Waals surface area contributed by atoms with Crippen LogP contribution in [0.4, 0.5) is 10.5 Å². The van der Waals surface area contributed by atoms with Gasteiger partial charge < -0.3 is 19.7 Å². The molecule has 148 valence electrons. The van der Waals surface area contributed by atoms with Crippen molar-refractivity contribution < 1.29 is 4.79 Å². The Balaban J connectivity index is 1.51. The topological polar surface area (TPSA) is 79.3 Å². The van der Waals surface area contributed by atoms with Gasteiger partial charge in [-0.1, -0.05) is 6.92 Å². The van der Waals surface area contributed by atoms with Gasteiger partial charge in [-0.25, -0.2) is 9.78 Å². The molecule has 0 saturated carbocycles. The van der Waals surface area contributed by atoms with Crippen molar-refractivity contribution in [3.05, 3.63) is 24.5 Å². The summed E-state index contributed by atoms with van der Waals surface area (Å²) in [7, 11) is 2.11. The van der Waals surface area contributed by atoms with Gasteiger partial charge >= 0.3 is 6.03 Å². The van der Waals surface area contributed by atoms with Crippen LogP contribution in [-0.4, -0.2) is 65.1 Å². The van der Waals surface area contributed by atoms with Crippen LogP contribution < -0.4 is 4.90 Å². The minimum atomic E-state index is -0.0291. The number of aromatic nitrogens is 2. The number of pyridine rings is 1. The second kappa shape index (κ2) is 7.70. The number of rotatable bonds is 2. The molecule has 2 amide bonds. The largest absolute Gasteiger partial charge is 0.369 e. The van der Waals surface area contributed by atoms with E-state index in [9.17, 15) is 10.1 Å². The molecule has 2 aliphatic rings. The Morgan fingerprint density at radius 2 is 2.11 bits per heavy atom. The number of anilines is 1. The Hall–Kier alpha value is -2.75. The molecule has 2 fully saturated rings. The van der Waals surface area contributed by atoms with Crippen LogP contribution in [0.25, 0.3) is 11.0 Å². The highest BCUT2D eigenvalue weighted by atomic mass is 16.2. The number of nitrogens with zero attached hydrogens (tertiary/aromatic N) is 5. The number of urea groups is 1. The van der Waals surface area contributed by atoms with E-state index in [-0.39, 0.29) is 18.0 Å². The summed E-state index contributed by atoms with van der Waals surface area (Å²) in [4.78, 5) is 26.8. The third kappa shape index (κ3) is 3.39. The average molecular weight is 380 g/mol. The summed E-state index contributed by atoms with van der Waals surface area (Å²) < 4.78 is 0. The summed E-state index contributed by atoms with van der Waals surface area (Å²) in [6.07, 6.45) is 6.54. The van der Waals surface area contributed by atoms with E-state index < -0.39 is 0 Å². The Bertz CT molecular complexity index is 886. The van der Waals surface area contributed by atoms with Crippen molar-refractivity contribution in [3.8, 4) is 6.07 Å². The Kier molecular flexibility index (Phi) is 5.12. The number of likely N-dealkylation sites (tertiary alicyclic amines) is 2. The van der Waals surface area contributed by atoms with Gasteiger partial charge in [0.05, 0.1) is 12.0 Å². The molecule has 0 aromatic carbocycles. The van der Waals surface area contributed by atoms with E-state index in [0.29, 0.717) is 19.0 Å². The molecule has 1 N–H and O–H groups in total. The normalized spacial score (nSPS) is 25.5. The molecule has 28 heavy (non-hydrogen) atoms. The number of carbonyl (C=O) groups excluding carboxylic acids is 1. The van der Waals surface area contributed by atoms with Crippen molar-refractivity contribution >= 4 is 22.8 Å². The Labute approximate surface area is 165 Å². The van der Waals surface area contributed by atoms with Gasteiger partial charge in [-0.2, -0.15) is 5.26 Å². The smallest absolute Gasteiger partial charge is 0.320 e. The van der Waals surface area contributed by atoms with Crippen LogP contribution in [0.1, 0.15) is 26.2 Å². The first-order valence-corrected chi connectivity index (χ1v) is 10.2. The predicted molar refractivity (Wildman–Crippen MR) is 109 cm³/mol. The summed E-state index contributed by atoms with van der Waals surface area (Å²) in [5.41, 5.74) is 2.02. The molecule has 2 aliphatic heterocycles. The van der Waals surface area contributed by atoms with Gasteiger partial charge in [0.1, 0.15) is 5.65 Å². The molecule has 2 aromatic rings. The monoisotopic (exact) mass is 380 g/mol. The Morgan fingerprint density at radius 3 is 2.93 bits per heavy atom. The molecule has 2 saturated heterocycles. The third-order valence-corrected chi connectivity index (χ3v) is 6.38. The first-order valence-electron chi connectivity index (χ1n) is 10.2. The number of carbonyl (C=O) groups is 1. The second-order valence-electron chi connectivity index (χ2n) is 8.16. The number of piperidine rings is 2. The second-order valence-corrected chi connectivity index (χ2v) is 8.16. The number of hydrogen-bond acceptors (Lipinski definition) is 4. The van der Waals surface area contributed by atoms with Gasteiger partial charge in [-0.05, 0) is 37.3 Å². The van der Waals surface area contributed by atoms with Crippen molar-refractivity contribution in [2.24, 2.45) is 11.8 Å². The average Bonchev–Trinajstić information content (AvgIpc) is 3.22. The van der Waals surface area contributed by atoms with Gasteiger partial charge in [-0.3, -0.25) is 0 Å². The summed E-state index contributed by atoms with van der Waals surface area (Å²) in [6, 6.07) is 6.77. The van der Waals surface area contributed by atoms with Crippen LogP contribution in [0.3, 0.4) is 0 Å². The Morgan fingerprint density at radius 1 is 1.29 bits per heavy atom. The van der Waals surface area contributed by atoms with Crippen molar-refractivity contribution in [2.45, 2.75) is 32.2 Å². The quantitative estimate of drug-likeness (QED) is 0.868. The number of hydrogen-bond donors (Lipinski definition) is 1. The first kappa shape index (κ1) is 18.6. The van der Waals surface area contributed by atoms with E-state index in [1.54, 1.807) is 0 Å². The molecular weight excluding hydrogens is 352 g/mol. The standard InChI is InChI=1S/C21H28N6O/c1-15-7-11-27(21(28)26-10-3-4-16(12-22)13-26)14-19(15)25(2)18-6-9-24-20-17(18)5-8-23-20/h5-6,8-9,15-16,19H,3-4,7,10-11,13-14H2,1-2H3,(H,23,24)/t15-,16?,19+/m1/s1. The van der Waals surface area contributed by atoms with Gasteiger partial charge in [0, 0.05) is 62.7 Å². The van der Waals surface area contributed by atoms with E-state index >= 15 is 0 Å². The molecule has 0 bridgehead atoms. The van der Waals surface area contributed by atoms with Crippen molar-refractivity contribution in [1.29, 1.82) is 5.26 Å². The number of nitrogens with one attached hydrogen (secondary N) is 1. The number of likely N-dealkylation sites (N-methyl/N-ethyl adjacent to an activating group) is 1. The molecule has 0 aliphatic carbocycles. The lowest BCUT2D eigenvalue weighted by atomic mass is 9.92. The SMILES string of the molecule is C[C@@H]1CCN(C(=O)N2CCCC(C#N)C2)C[C@@H]1N(C)c1ccnc2[nH]ccc12. The maximum atomic E-state index is 13.1. The molecule has 1 unspecified atom stereocenters. The zero-order valence-corrected chi connectivity index (χ0v) is 16.6. The highest BCUT2D eigenvalue weighted by Crippen LogP contribution is 2.30. The van der Waals surface area contributed by atoms with E-state index in [4.69, 9.17) is 0 Å². The fraction of sp³-hybridized carbons (Fsp3) is 0.571. The molecule has 0 spiro atoms. The van der Waals surface area contributed by atoms with E-state index in [2.05, 4.69) is 41.0 Å². The number of nitriles is 1. The van der Waals surface area contributed by atoms with Crippen molar-refractivity contribution in [3.63, 3.8) is 0 Å². The summed E-state index contributed by atoms with van der Waals surface area (Å²) >= 11 is 0. The lowest BCUT2D eigenvalue weighted by molar-refractivity contribution is 0.113. The van der Waals surface area contributed by atoms with Gasteiger partial charge in [0.25, 0.3) is 0 Å². The molecule has 7 nitrogen and oxygen atoms in total. The first-order chi connectivity index (χ1) is 13.6. The van der Waals surface area contributed by atoms with E-state index in [0.717, 1.165) is 49.1 Å². The highest BCUT2D eigenvalue weighted by Gasteiger charge is 2.35. The molecule has 2 aromatic heterocycles. The summed E-state index contributed by atoms with van der Waals surface area (Å²) in [6.45, 7) is 5.09. The van der Waals surface area contributed by atoms with Gasteiger partial charge in [-0.15, -0.1) is 0 Å². The summed E-state index contributed by atoms with van der Waals surface area (Å²) in [5, 5.41) is 10.3. The lowest BCUT2D eigenvalue weighted by Crippen LogP contribution is -2.56. The number of fused-ring (bicyclic) bond motifs is 1. The van der Waals surface area contributed by atoms with Crippen molar-refractivity contribution in [2.75, 3.05) is 38.1 Å². The summed E-state index contributed by atoms with van der Waals surface area (Å²) in [5.74, 6) is 0.461. The number of H-pyrrole nitrogens is 1. The molecule has 3 atom stereocenters. The van der Waals surface area contributed by atoms with Crippen molar-refractivity contribution in [1.82, 2.24) is 19.8 Å². The molecule has 4 heterocycles. The minimum Gasteiger partial charge on any atom is -0.369 e. The number of amides is 2. The molecular formula is C21H28N6O. The minimum absolute atomic E-state index is 0.0291. The number of aromatic amines is 1. The van der Waals surface area contributed by atoms with E-state index in [1.807, 2.05) is 28.3 Å². The van der Waals surface area contributed by atoms with Gasteiger partial charge in [0.15, 0.2) is 0 Å². The van der Waals surface area contributed by atoms with Crippen LogP contribution in [0.5, 0.6) is 0 Å². The molecule has 0 radical (unpaired) electrons. The zero-order chi connectivity index (χ0) is 19.7. The fourth-order valence-electron chi connectivity index (χ4n) is 4.62. The molecule has 4 rings (SSSR count). The molecule has 7 heteroatoms. The van der Waals surface area contributed by atoms with Crippen LogP contribution in [0.15, 0.2) is 24.5 Å². The maximum absolute atomic E-state index is 13.1. The van der Waals surface area contributed by atoms with Crippen LogP contribution >= 0.6 is 0 Å². The fourth-order valence-corrected chi connectivity index (χ4v) is 4.62. The van der Waals surface area contributed by atoms with Crippen LogP contribution in [0.2, 0.25) is 0 Å². The van der Waals surface area contributed by atoms with Gasteiger partial charge in [0.2, 0.25) is 0 Å². The maximum Gasteiger partial charge on any atom is 0.320 e. The lowest BCUT2D eigenvalue weighted by Gasteiger charge is -2.44. The van der Waals surface area contributed by atoms with Crippen LogP contribution in [0, 0.1) is 23.2 Å². The predicted octanol–water partition coefficient (Wildman–Crippen LogP) is 3.07. The van der Waals surface area contributed by atoms with Crippen LogP contribution in [-0.2, 0) is 0 Å². The van der Waals surface area contributed by atoms with E-state index in [1.165, 1.54) is 0 Å². The third-order valence-electron chi connectivity index (χ3n) is 6.38. The highest BCUT2D eigenvalue weighted by molar-refractivity contribution is 5.89. The zero-order valence-electron chi connectivity index (χ0n) is 16.6.